The van der Waals surface area contributed by atoms with Gasteiger partial charge in [0.2, 0.25) is 0 Å². The Morgan fingerprint density at radius 1 is 0.950 bits per heavy atom. The summed E-state index contributed by atoms with van der Waals surface area (Å²) in [5, 5.41) is 0. The Kier molecular flexibility index (Phi) is 4.29. The van der Waals surface area contributed by atoms with Crippen LogP contribution in [0.25, 0.3) is 0 Å². The van der Waals surface area contributed by atoms with Crippen molar-refractivity contribution in [3.05, 3.63) is 70.8 Å². The lowest BCUT2D eigenvalue weighted by Gasteiger charge is -2.20. The maximum Gasteiger partial charge on any atom is 0.0335 e. The van der Waals surface area contributed by atoms with E-state index in [1.54, 1.807) is 0 Å². The maximum absolute atomic E-state index is 6.36. The van der Waals surface area contributed by atoms with Crippen LogP contribution >= 0.6 is 0 Å². The van der Waals surface area contributed by atoms with Crippen LogP contribution in [0, 0.1) is 6.92 Å². The van der Waals surface area contributed by atoms with Crippen LogP contribution in [0.3, 0.4) is 0 Å². The van der Waals surface area contributed by atoms with Crippen LogP contribution < -0.4 is 5.73 Å². The van der Waals surface area contributed by atoms with Gasteiger partial charge in [0.05, 0.1) is 0 Å². The zero-order valence-corrected chi connectivity index (χ0v) is 13.0. The number of rotatable bonds is 3. The van der Waals surface area contributed by atoms with Crippen molar-refractivity contribution in [2.75, 3.05) is 0 Å². The van der Waals surface area contributed by atoms with E-state index in [9.17, 15) is 0 Å². The van der Waals surface area contributed by atoms with Gasteiger partial charge in [0, 0.05) is 6.04 Å². The average molecular weight is 267 g/mol. The minimum Gasteiger partial charge on any atom is -0.324 e. The summed E-state index contributed by atoms with van der Waals surface area (Å²) < 4.78 is 0. The minimum atomic E-state index is 0.0603. The van der Waals surface area contributed by atoms with Gasteiger partial charge in [-0.1, -0.05) is 69.3 Å². The van der Waals surface area contributed by atoms with Gasteiger partial charge >= 0.3 is 0 Å². The topological polar surface area (TPSA) is 26.0 Å². The molecule has 0 saturated carbocycles. The Labute approximate surface area is 122 Å². The van der Waals surface area contributed by atoms with Gasteiger partial charge in [-0.15, -0.1) is 0 Å². The number of hydrogen-bond donors (Lipinski definition) is 1. The fourth-order valence-corrected chi connectivity index (χ4v) is 2.42. The van der Waals surface area contributed by atoms with Crippen molar-refractivity contribution in [3.63, 3.8) is 0 Å². The largest absolute Gasteiger partial charge is 0.324 e. The third-order valence-electron chi connectivity index (χ3n) is 3.91. The Balaban J connectivity index is 2.14. The van der Waals surface area contributed by atoms with E-state index in [-0.39, 0.29) is 11.5 Å². The third-order valence-corrected chi connectivity index (χ3v) is 3.91. The summed E-state index contributed by atoms with van der Waals surface area (Å²) in [6.45, 7) is 8.84. The number of benzene rings is 2. The van der Waals surface area contributed by atoms with Crippen molar-refractivity contribution in [2.24, 2.45) is 5.73 Å². The highest BCUT2D eigenvalue weighted by Crippen LogP contribution is 2.24. The van der Waals surface area contributed by atoms with Gasteiger partial charge in [-0.05, 0) is 41.0 Å². The summed E-state index contributed by atoms with van der Waals surface area (Å²) in [5.74, 6) is 0. The van der Waals surface area contributed by atoms with Gasteiger partial charge in [-0.3, -0.25) is 0 Å². The average Bonchev–Trinajstić information content (AvgIpc) is 2.40. The van der Waals surface area contributed by atoms with Gasteiger partial charge in [0.25, 0.3) is 0 Å². The predicted molar refractivity (Wildman–Crippen MR) is 87.0 cm³/mol. The molecule has 0 heterocycles. The van der Waals surface area contributed by atoms with E-state index in [1.807, 2.05) is 0 Å². The van der Waals surface area contributed by atoms with Gasteiger partial charge in [-0.2, -0.15) is 0 Å². The second kappa shape index (κ2) is 5.80. The lowest BCUT2D eigenvalue weighted by molar-refractivity contribution is 0.589. The van der Waals surface area contributed by atoms with Crippen LogP contribution in [0.1, 0.15) is 49.1 Å². The zero-order chi connectivity index (χ0) is 14.8. The molecule has 0 spiro atoms. The third kappa shape index (κ3) is 3.49. The normalized spacial score (nSPS) is 13.2. The van der Waals surface area contributed by atoms with Crippen LogP contribution in [-0.2, 0) is 11.8 Å². The van der Waals surface area contributed by atoms with Crippen LogP contribution in [0.5, 0.6) is 0 Å². The Hall–Kier alpha value is -1.60. The summed E-state index contributed by atoms with van der Waals surface area (Å²) in [7, 11) is 0. The highest BCUT2D eigenvalue weighted by atomic mass is 14.6. The molecule has 2 aromatic rings. The van der Waals surface area contributed by atoms with E-state index in [1.165, 1.54) is 22.3 Å². The molecule has 0 aromatic heterocycles. The van der Waals surface area contributed by atoms with Gasteiger partial charge in [0.15, 0.2) is 0 Å². The molecular weight excluding hydrogens is 242 g/mol. The molecule has 1 atom stereocenters. The fraction of sp³-hybridized carbons (Fsp3) is 0.368. The first-order chi connectivity index (χ1) is 9.38. The smallest absolute Gasteiger partial charge is 0.0335 e. The molecule has 0 aliphatic heterocycles. The highest BCUT2D eigenvalue weighted by molar-refractivity contribution is 5.32. The van der Waals surface area contributed by atoms with Crippen molar-refractivity contribution in [1.29, 1.82) is 0 Å². The van der Waals surface area contributed by atoms with Crippen molar-refractivity contribution >= 4 is 0 Å². The van der Waals surface area contributed by atoms with Crippen LogP contribution in [0.2, 0.25) is 0 Å². The molecular formula is C19H25N. The van der Waals surface area contributed by atoms with Crippen molar-refractivity contribution in [3.8, 4) is 0 Å². The second-order valence-electron chi connectivity index (χ2n) is 6.61. The fourth-order valence-electron chi connectivity index (χ4n) is 2.42. The van der Waals surface area contributed by atoms with Crippen LogP contribution in [-0.4, -0.2) is 0 Å². The van der Waals surface area contributed by atoms with E-state index in [2.05, 4.69) is 76.2 Å². The van der Waals surface area contributed by atoms with Gasteiger partial charge in [-0.25, -0.2) is 0 Å². The Morgan fingerprint density at radius 3 is 2.10 bits per heavy atom. The van der Waals surface area contributed by atoms with Crippen molar-refractivity contribution in [2.45, 2.75) is 45.6 Å². The second-order valence-corrected chi connectivity index (χ2v) is 6.61. The molecule has 0 amide bonds. The lowest BCUT2D eigenvalue weighted by Crippen LogP contribution is -2.15. The SMILES string of the molecule is Cc1ccccc1CC(N)c1ccc(C(C)(C)C)cc1. The molecule has 0 bridgehead atoms. The molecule has 0 saturated heterocycles. The molecule has 2 rings (SSSR count). The highest BCUT2D eigenvalue weighted by Gasteiger charge is 2.14. The van der Waals surface area contributed by atoms with E-state index >= 15 is 0 Å². The summed E-state index contributed by atoms with van der Waals surface area (Å²) in [6, 6.07) is 17.3. The summed E-state index contributed by atoms with van der Waals surface area (Å²) >= 11 is 0. The monoisotopic (exact) mass is 267 g/mol. The first-order valence-electron chi connectivity index (χ1n) is 7.28. The zero-order valence-electron chi connectivity index (χ0n) is 13.0. The Morgan fingerprint density at radius 2 is 1.55 bits per heavy atom. The molecule has 0 aliphatic carbocycles. The van der Waals surface area contributed by atoms with E-state index in [4.69, 9.17) is 5.73 Å². The number of aryl methyl sites for hydroxylation is 1. The first-order valence-corrected chi connectivity index (χ1v) is 7.28. The standard InChI is InChI=1S/C19H25N/c1-14-7-5-6-8-16(14)13-18(20)15-9-11-17(12-10-15)19(2,3)4/h5-12,18H,13,20H2,1-4H3. The molecule has 1 unspecified atom stereocenters. The number of hydrogen-bond acceptors (Lipinski definition) is 1. The molecule has 106 valence electrons. The van der Waals surface area contributed by atoms with E-state index in [0.717, 1.165) is 6.42 Å². The first kappa shape index (κ1) is 14.8. The summed E-state index contributed by atoms with van der Waals surface area (Å²) in [6.07, 6.45) is 0.890. The summed E-state index contributed by atoms with van der Waals surface area (Å²) in [5.41, 5.74) is 11.8. The van der Waals surface area contributed by atoms with E-state index < -0.39 is 0 Å². The lowest BCUT2D eigenvalue weighted by atomic mass is 9.86. The van der Waals surface area contributed by atoms with Crippen molar-refractivity contribution in [1.82, 2.24) is 0 Å². The Bertz CT molecular complexity index is 561. The minimum absolute atomic E-state index is 0.0603. The molecule has 1 nitrogen and oxygen atoms in total. The molecule has 2 aromatic carbocycles. The molecule has 1 heteroatoms. The number of nitrogens with two attached hydrogens (primary N) is 1. The molecule has 20 heavy (non-hydrogen) atoms. The molecule has 0 radical (unpaired) electrons. The predicted octanol–water partition coefficient (Wildman–Crippen LogP) is 4.54. The summed E-state index contributed by atoms with van der Waals surface area (Å²) in [4.78, 5) is 0. The molecule has 0 aliphatic rings. The van der Waals surface area contributed by atoms with Gasteiger partial charge in [0.1, 0.15) is 0 Å². The van der Waals surface area contributed by atoms with Crippen molar-refractivity contribution < 1.29 is 0 Å². The quantitative estimate of drug-likeness (QED) is 0.868. The maximum atomic E-state index is 6.36. The van der Waals surface area contributed by atoms with Gasteiger partial charge < -0.3 is 5.73 Å². The van der Waals surface area contributed by atoms with E-state index in [0.29, 0.717) is 0 Å². The van der Waals surface area contributed by atoms with Crippen LogP contribution in [0.15, 0.2) is 48.5 Å². The van der Waals surface area contributed by atoms with Crippen LogP contribution in [0.4, 0.5) is 0 Å². The molecule has 0 fully saturated rings. The molecule has 2 N–H and O–H groups in total.